The summed E-state index contributed by atoms with van der Waals surface area (Å²) in [6.07, 6.45) is 0. The standard InChI is InChI=1S/C16H25N3O3/c1-18-9-11-19(12-10-18)8-7-17-16(20)13-5-4-6-14(21-2)15(13)22-3/h4-6H,7-12H2,1-3H3,(H,17,20). The summed E-state index contributed by atoms with van der Waals surface area (Å²) in [5, 5.41) is 2.95. The van der Waals surface area contributed by atoms with E-state index in [9.17, 15) is 4.79 Å². The van der Waals surface area contributed by atoms with Crippen LogP contribution in [0.1, 0.15) is 10.4 Å². The summed E-state index contributed by atoms with van der Waals surface area (Å²) in [7, 11) is 5.24. The Bertz CT molecular complexity index is 499. The molecule has 1 saturated heterocycles. The fraction of sp³-hybridized carbons (Fsp3) is 0.562. The molecule has 0 atom stereocenters. The minimum absolute atomic E-state index is 0.134. The molecule has 122 valence electrons. The SMILES string of the molecule is COc1cccc(C(=O)NCCN2CCN(C)CC2)c1OC. The third-order valence-electron chi connectivity index (χ3n) is 3.96. The Kier molecular flexibility index (Phi) is 6.03. The maximum atomic E-state index is 12.3. The van der Waals surface area contributed by atoms with E-state index in [0.29, 0.717) is 23.6 Å². The number of rotatable bonds is 6. The lowest BCUT2D eigenvalue weighted by atomic mass is 10.1. The number of carbonyl (C=O) groups is 1. The molecule has 1 aliphatic heterocycles. The van der Waals surface area contributed by atoms with Crippen LogP contribution in [-0.2, 0) is 0 Å². The number of amides is 1. The summed E-state index contributed by atoms with van der Waals surface area (Å²) >= 11 is 0. The van der Waals surface area contributed by atoms with E-state index < -0.39 is 0 Å². The fourth-order valence-corrected chi connectivity index (χ4v) is 2.56. The highest BCUT2D eigenvalue weighted by atomic mass is 16.5. The van der Waals surface area contributed by atoms with Gasteiger partial charge in [0.05, 0.1) is 19.8 Å². The Balaban J connectivity index is 1.87. The number of benzene rings is 1. The van der Waals surface area contributed by atoms with Gasteiger partial charge in [-0.25, -0.2) is 0 Å². The summed E-state index contributed by atoms with van der Waals surface area (Å²) in [4.78, 5) is 17.0. The molecule has 22 heavy (non-hydrogen) atoms. The van der Waals surface area contributed by atoms with E-state index in [1.165, 1.54) is 0 Å². The van der Waals surface area contributed by atoms with Crippen molar-refractivity contribution in [3.8, 4) is 11.5 Å². The first kappa shape index (κ1) is 16.6. The van der Waals surface area contributed by atoms with Gasteiger partial charge < -0.3 is 19.7 Å². The second-order valence-corrected chi connectivity index (χ2v) is 5.44. The van der Waals surface area contributed by atoms with E-state index in [1.807, 2.05) is 0 Å². The van der Waals surface area contributed by atoms with Gasteiger partial charge in [0.1, 0.15) is 0 Å². The molecule has 0 radical (unpaired) electrons. The topological polar surface area (TPSA) is 54.0 Å². The lowest BCUT2D eigenvalue weighted by Crippen LogP contribution is -2.46. The van der Waals surface area contributed by atoms with Crippen molar-refractivity contribution in [1.29, 1.82) is 0 Å². The molecular weight excluding hydrogens is 282 g/mol. The molecule has 1 N–H and O–H groups in total. The van der Waals surface area contributed by atoms with Crippen molar-refractivity contribution >= 4 is 5.91 Å². The number of nitrogens with one attached hydrogen (secondary N) is 1. The Morgan fingerprint density at radius 1 is 1.18 bits per heavy atom. The van der Waals surface area contributed by atoms with Crippen molar-refractivity contribution in [2.24, 2.45) is 0 Å². The molecule has 0 aromatic heterocycles. The van der Waals surface area contributed by atoms with Gasteiger partial charge in [0.15, 0.2) is 11.5 Å². The molecule has 0 bridgehead atoms. The number of piperazine rings is 1. The number of nitrogens with zero attached hydrogens (tertiary/aromatic N) is 2. The predicted molar refractivity (Wildman–Crippen MR) is 85.8 cm³/mol. The van der Waals surface area contributed by atoms with Crippen LogP contribution in [0.4, 0.5) is 0 Å². The number of methoxy groups -OCH3 is 2. The van der Waals surface area contributed by atoms with Gasteiger partial charge in [-0.3, -0.25) is 9.69 Å². The lowest BCUT2D eigenvalue weighted by Gasteiger charge is -2.32. The molecule has 0 saturated carbocycles. The van der Waals surface area contributed by atoms with Crippen molar-refractivity contribution in [2.45, 2.75) is 0 Å². The highest BCUT2D eigenvalue weighted by molar-refractivity contribution is 5.97. The van der Waals surface area contributed by atoms with Gasteiger partial charge in [0.25, 0.3) is 5.91 Å². The summed E-state index contributed by atoms with van der Waals surface area (Å²) < 4.78 is 10.5. The van der Waals surface area contributed by atoms with Gasteiger partial charge in [-0.05, 0) is 19.2 Å². The zero-order valence-electron chi connectivity index (χ0n) is 13.6. The molecule has 0 spiro atoms. The third kappa shape index (κ3) is 4.11. The fourth-order valence-electron chi connectivity index (χ4n) is 2.56. The van der Waals surface area contributed by atoms with E-state index in [4.69, 9.17) is 9.47 Å². The molecule has 1 aliphatic rings. The first-order valence-electron chi connectivity index (χ1n) is 7.55. The normalized spacial score (nSPS) is 16.3. The summed E-state index contributed by atoms with van der Waals surface area (Å²) in [6.45, 7) is 5.76. The van der Waals surface area contributed by atoms with E-state index >= 15 is 0 Å². The second-order valence-electron chi connectivity index (χ2n) is 5.44. The number of para-hydroxylation sites is 1. The molecule has 0 aliphatic carbocycles. The maximum absolute atomic E-state index is 12.3. The van der Waals surface area contributed by atoms with Crippen LogP contribution in [0.3, 0.4) is 0 Å². The molecule has 1 aromatic carbocycles. The van der Waals surface area contributed by atoms with Crippen LogP contribution in [0.2, 0.25) is 0 Å². The molecule has 1 aromatic rings. The van der Waals surface area contributed by atoms with E-state index in [2.05, 4.69) is 22.2 Å². The van der Waals surface area contributed by atoms with Crippen LogP contribution in [0, 0.1) is 0 Å². The van der Waals surface area contributed by atoms with Gasteiger partial charge in [0, 0.05) is 39.3 Å². The van der Waals surface area contributed by atoms with Crippen molar-refractivity contribution in [3.63, 3.8) is 0 Å². The molecule has 0 unspecified atom stereocenters. The third-order valence-corrected chi connectivity index (χ3v) is 3.96. The van der Waals surface area contributed by atoms with Gasteiger partial charge in [-0.15, -0.1) is 0 Å². The first-order chi connectivity index (χ1) is 10.7. The van der Waals surface area contributed by atoms with E-state index in [-0.39, 0.29) is 5.91 Å². The zero-order valence-corrected chi connectivity index (χ0v) is 13.6. The Morgan fingerprint density at radius 3 is 2.55 bits per heavy atom. The summed E-state index contributed by atoms with van der Waals surface area (Å²) in [6, 6.07) is 5.31. The van der Waals surface area contributed by atoms with Gasteiger partial charge in [0.2, 0.25) is 0 Å². The largest absolute Gasteiger partial charge is 0.493 e. The molecule has 6 heteroatoms. The quantitative estimate of drug-likeness (QED) is 0.838. The van der Waals surface area contributed by atoms with E-state index in [0.717, 1.165) is 32.7 Å². The van der Waals surface area contributed by atoms with Gasteiger partial charge in [-0.2, -0.15) is 0 Å². The van der Waals surface area contributed by atoms with Gasteiger partial charge >= 0.3 is 0 Å². The summed E-state index contributed by atoms with van der Waals surface area (Å²) in [5.41, 5.74) is 0.500. The number of ether oxygens (including phenoxy) is 2. The molecule has 2 rings (SSSR count). The van der Waals surface area contributed by atoms with Crippen LogP contribution in [0.15, 0.2) is 18.2 Å². The average Bonchev–Trinajstić information content (AvgIpc) is 2.55. The van der Waals surface area contributed by atoms with Crippen molar-refractivity contribution in [1.82, 2.24) is 15.1 Å². The minimum atomic E-state index is -0.134. The molecule has 1 fully saturated rings. The lowest BCUT2D eigenvalue weighted by molar-refractivity contribution is 0.0937. The maximum Gasteiger partial charge on any atom is 0.255 e. The second kappa shape index (κ2) is 8.00. The Hall–Kier alpha value is -1.79. The monoisotopic (exact) mass is 307 g/mol. The highest BCUT2D eigenvalue weighted by Crippen LogP contribution is 2.30. The smallest absolute Gasteiger partial charge is 0.255 e. The van der Waals surface area contributed by atoms with Crippen molar-refractivity contribution in [2.75, 3.05) is 60.5 Å². The molecular formula is C16H25N3O3. The van der Waals surface area contributed by atoms with Crippen LogP contribution < -0.4 is 14.8 Å². The van der Waals surface area contributed by atoms with Crippen LogP contribution in [-0.4, -0.2) is 76.2 Å². The first-order valence-corrected chi connectivity index (χ1v) is 7.55. The number of hydrogen-bond donors (Lipinski definition) is 1. The van der Waals surface area contributed by atoms with Gasteiger partial charge in [-0.1, -0.05) is 6.07 Å². The number of hydrogen-bond acceptors (Lipinski definition) is 5. The van der Waals surface area contributed by atoms with E-state index in [1.54, 1.807) is 32.4 Å². The highest BCUT2D eigenvalue weighted by Gasteiger charge is 2.17. The van der Waals surface area contributed by atoms with Crippen LogP contribution in [0.25, 0.3) is 0 Å². The number of carbonyl (C=O) groups excluding carboxylic acids is 1. The molecule has 1 amide bonds. The van der Waals surface area contributed by atoms with Crippen molar-refractivity contribution < 1.29 is 14.3 Å². The molecule has 1 heterocycles. The van der Waals surface area contributed by atoms with Crippen LogP contribution in [0.5, 0.6) is 11.5 Å². The average molecular weight is 307 g/mol. The van der Waals surface area contributed by atoms with Crippen molar-refractivity contribution in [3.05, 3.63) is 23.8 Å². The Morgan fingerprint density at radius 2 is 1.91 bits per heavy atom. The Labute approximate surface area is 132 Å². The zero-order chi connectivity index (χ0) is 15.9. The van der Waals surface area contributed by atoms with Crippen LogP contribution >= 0.6 is 0 Å². The number of likely N-dealkylation sites (N-methyl/N-ethyl adjacent to an activating group) is 1. The summed E-state index contributed by atoms with van der Waals surface area (Å²) in [5.74, 6) is 0.904. The predicted octanol–water partition coefficient (Wildman–Crippen LogP) is 0.681. The minimum Gasteiger partial charge on any atom is -0.493 e. The molecule has 6 nitrogen and oxygen atoms in total.